The van der Waals surface area contributed by atoms with Crippen molar-refractivity contribution >= 4 is 40.0 Å². The molecule has 0 radical (unpaired) electrons. The number of hydrogen-bond donors (Lipinski definition) is 3. The van der Waals surface area contributed by atoms with Crippen molar-refractivity contribution in [2.45, 2.75) is 44.2 Å². The van der Waals surface area contributed by atoms with Crippen LogP contribution < -0.4 is 16.4 Å². The molecule has 0 bridgehead atoms. The summed E-state index contributed by atoms with van der Waals surface area (Å²) in [6.07, 6.45) is 5.86. The lowest BCUT2D eigenvalue weighted by molar-refractivity contribution is 0.0943. The molecule has 2 fully saturated rings. The molecular weight excluding hydrogens is 292 g/mol. The van der Waals surface area contributed by atoms with Crippen molar-refractivity contribution in [2.75, 3.05) is 22.6 Å². The molecule has 2 aliphatic rings. The number of rotatable bonds is 4. The fraction of sp³-hybridized carbons (Fsp3) is 0.692. The number of anilines is 2. The highest BCUT2D eigenvalue weighted by Gasteiger charge is 2.23. The second-order valence-corrected chi connectivity index (χ2v) is 7.54. The number of carbonyl (C=O) groups excluding carboxylic acids is 1. The molecule has 5 nitrogen and oxygen atoms in total. The standard InChI is InChI=1S/C13H20N4OS2/c14-11-10(12(18)15-9-5-2-6-19-7-9)20-13(17-11)16-8-3-1-4-8/h8-9H,1-7,14H2,(H,15,18)(H,16,17). The number of nitrogens with one attached hydrogen (secondary N) is 2. The van der Waals surface area contributed by atoms with E-state index in [9.17, 15) is 4.79 Å². The quantitative estimate of drug-likeness (QED) is 0.795. The van der Waals surface area contributed by atoms with Crippen molar-refractivity contribution in [3.63, 3.8) is 0 Å². The highest BCUT2D eigenvalue weighted by Crippen LogP contribution is 2.29. The minimum absolute atomic E-state index is 0.0749. The van der Waals surface area contributed by atoms with Crippen LogP contribution in [0.25, 0.3) is 0 Å². The third-order valence-electron chi connectivity index (χ3n) is 3.79. The predicted octanol–water partition coefficient (Wildman–Crippen LogP) is 2.32. The van der Waals surface area contributed by atoms with E-state index in [4.69, 9.17) is 5.73 Å². The Hall–Kier alpha value is -0.950. The average Bonchev–Trinajstić information content (AvgIpc) is 2.76. The molecule has 1 saturated carbocycles. The smallest absolute Gasteiger partial charge is 0.265 e. The first-order valence-corrected chi connectivity index (χ1v) is 9.11. The molecule has 20 heavy (non-hydrogen) atoms. The van der Waals surface area contributed by atoms with Gasteiger partial charge in [0, 0.05) is 17.8 Å². The summed E-state index contributed by atoms with van der Waals surface area (Å²) in [5.74, 6) is 2.47. The van der Waals surface area contributed by atoms with E-state index in [0.717, 1.165) is 17.3 Å². The molecule has 4 N–H and O–H groups in total. The fourth-order valence-corrected chi connectivity index (χ4v) is 4.33. The van der Waals surface area contributed by atoms with Crippen molar-refractivity contribution in [3.05, 3.63) is 4.88 Å². The minimum atomic E-state index is -0.0749. The van der Waals surface area contributed by atoms with E-state index >= 15 is 0 Å². The van der Waals surface area contributed by atoms with E-state index in [0.29, 0.717) is 16.7 Å². The van der Waals surface area contributed by atoms with Gasteiger partial charge in [-0.05, 0) is 37.9 Å². The summed E-state index contributed by atoms with van der Waals surface area (Å²) < 4.78 is 0. The number of nitrogen functional groups attached to an aromatic ring is 1. The van der Waals surface area contributed by atoms with Crippen LogP contribution >= 0.6 is 23.1 Å². The van der Waals surface area contributed by atoms with Crippen molar-refractivity contribution in [1.29, 1.82) is 0 Å². The normalized spacial score (nSPS) is 23.1. The van der Waals surface area contributed by atoms with Crippen molar-refractivity contribution < 1.29 is 4.79 Å². The van der Waals surface area contributed by atoms with Gasteiger partial charge in [0.15, 0.2) is 5.13 Å². The van der Waals surface area contributed by atoms with Crippen molar-refractivity contribution in [2.24, 2.45) is 0 Å². The molecule has 0 spiro atoms. The second kappa shape index (κ2) is 6.22. The Labute approximate surface area is 127 Å². The summed E-state index contributed by atoms with van der Waals surface area (Å²) in [6.45, 7) is 0. The number of hydrogen-bond acceptors (Lipinski definition) is 6. The van der Waals surface area contributed by atoms with Gasteiger partial charge in [0.25, 0.3) is 5.91 Å². The van der Waals surface area contributed by atoms with Crippen LogP contribution in [-0.4, -0.2) is 34.5 Å². The van der Waals surface area contributed by atoms with E-state index in [1.54, 1.807) is 0 Å². The maximum Gasteiger partial charge on any atom is 0.265 e. The molecule has 1 unspecified atom stereocenters. The number of amides is 1. The van der Waals surface area contributed by atoms with Crippen LogP contribution in [0.3, 0.4) is 0 Å². The maximum atomic E-state index is 12.3. The molecule has 2 heterocycles. The molecule has 1 aliphatic heterocycles. The number of thioether (sulfide) groups is 1. The summed E-state index contributed by atoms with van der Waals surface area (Å²) in [5.41, 5.74) is 5.88. The molecule has 1 aliphatic carbocycles. The van der Waals surface area contributed by atoms with E-state index < -0.39 is 0 Å². The zero-order valence-corrected chi connectivity index (χ0v) is 13.0. The molecule has 1 saturated heterocycles. The number of thiazole rings is 1. The lowest BCUT2D eigenvalue weighted by atomic mass is 9.93. The first-order chi connectivity index (χ1) is 9.72. The van der Waals surface area contributed by atoms with Gasteiger partial charge in [0.05, 0.1) is 0 Å². The topological polar surface area (TPSA) is 80.0 Å². The lowest BCUT2D eigenvalue weighted by Gasteiger charge is -2.25. The van der Waals surface area contributed by atoms with Gasteiger partial charge in [0.1, 0.15) is 10.7 Å². The monoisotopic (exact) mass is 312 g/mol. The van der Waals surface area contributed by atoms with Gasteiger partial charge < -0.3 is 16.4 Å². The highest BCUT2D eigenvalue weighted by molar-refractivity contribution is 7.99. The van der Waals surface area contributed by atoms with Crippen LogP contribution in [0.1, 0.15) is 41.8 Å². The fourth-order valence-electron chi connectivity index (χ4n) is 2.39. The van der Waals surface area contributed by atoms with Crippen LogP contribution in [0.4, 0.5) is 10.9 Å². The van der Waals surface area contributed by atoms with Crippen LogP contribution in [0.15, 0.2) is 0 Å². The first kappa shape index (κ1) is 14.0. The Morgan fingerprint density at radius 2 is 2.05 bits per heavy atom. The van der Waals surface area contributed by atoms with E-state index in [1.807, 2.05) is 11.8 Å². The zero-order chi connectivity index (χ0) is 13.9. The highest BCUT2D eigenvalue weighted by atomic mass is 32.2. The van der Waals surface area contributed by atoms with Gasteiger partial charge in [-0.15, -0.1) is 0 Å². The molecule has 3 rings (SSSR count). The van der Waals surface area contributed by atoms with Gasteiger partial charge >= 0.3 is 0 Å². The number of nitrogens with zero attached hydrogens (tertiary/aromatic N) is 1. The Bertz CT molecular complexity index is 481. The second-order valence-electron chi connectivity index (χ2n) is 5.39. The Kier molecular flexibility index (Phi) is 4.35. The molecule has 0 aromatic carbocycles. The summed E-state index contributed by atoms with van der Waals surface area (Å²) in [6, 6.07) is 0.775. The van der Waals surface area contributed by atoms with Crippen molar-refractivity contribution in [3.8, 4) is 0 Å². The zero-order valence-electron chi connectivity index (χ0n) is 11.4. The number of aromatic nitrogens is 1. The van der Waals surface area contributed by atoms with Gasteiger partial charge in [-0.1, -0.05) is 11.3 Å². The third kappa shape index (κ3) is 3.20. The van der Waals surface area contributed by atoms with Crippen LogP contribution in [0.5, 0.6) is 0 Å². The molecule has 7 heteroatoms. The Morgan fingerprint density at radius 1 is 1.25 bits per heavy atom. The molecule has 110 valence electrons. The van der Waals surface area contributed by atoms with E-state index in [-0.39, 0.29) is 11.9 Å². The van der Waals surface area contributed by atoms with Gasteiger partial charge in [0.2, 0.25) is 0 Å². The molecule has 1 aromatic heterocycles. The minimum Gasteiger partial charge on any atom is -0.382 e. The average molecular weight is 312 g/mol. The van der Waals surface area contributed by atoms with Crippen LogP contribution in [-0.2, 0) is 0 Å². The van der Waals surface area contributed by atoms with Crippen molar-refractivity contribution in [1.82, 2.24) is 10.3 Å². The number of nitrogens with two attached hydrogens (primary N) is 1. The Morgan fingerprint density at radius 3 is 2.70 bits per heavy atom. The summed E-state index contributed by atoms with van der Waals surface area (Å²) in [5, 5.41) is 7.19. The van der Waals surface area contributed by atoms with Gasteiger partial charge in [-0.3, -0.25) is 4.79 Å². The molecular formula is C13H20N4OS2. The van der Waals surface area contributed by atoms with E-state index in [1.165, 1.54) is 42.8 Å². The first-order valence-electron chi connectivity index (χ1n) is 7.14. The van der Waals surface area contributed by atoms with Gasteiger partial charge in [-0.25, -0.2) is 4.98 Å². The van der Waals surface area contributed by atoms with E-state index in [2.05, 4.69) is 15.6 Å². The molecule has 1 atom stereocenters. The molecule has 1 amide bonds. The lowest BCUT2D eigenvalue weighted by Crippen LogP contribution is -2.38. The Balaban J connectivity index is 1.61. The largest absolute Gasteiger partial charge is 0.382 e. The van der Waals surface area contributed by atoms with Gasteiger partial charge in [-0.2, -0.15) is 11.8 Å². The summed E-state index contributed by atoms with van der Waals surface area (Å²) in [7, 11) is 0. The summed E-state index contributed by atoms with van der Waals surface area (Å²) >= 11 is 3.27. The van der Waals surface area contributed by atoms with Crippen LogP contribution in [0, 0.1) is 0 Å². The third-order valence-corrected chi connectivity index (χ3v) is 6.00. The summed E-state index contributed by atoms with van der Waals surface area (Å²) in [4.78, 5) is 17.1. The number of carbonyl (C=O) groups is 1. The SMILES string of the molecule is Nc1nc(NC2CCC2)sc1C(=O)NC1CCCSC1. The maximum absolute atomic E-state index is 12.3. The van der Waals surface area contributed by atoms with Crippen LogP contribution in [0.2, 0.25) is 0 Å². The predicted molar refractivity (Wildman–Crippen MR) is 85.6 cm³/mol. The molecule has 1 aromatic rings.